The molecule has 8 atom stereocenters. The predicted octanol–water partition coefficient (Wildman–Crippen LogP) is 4.78. The van der Waals surface area contributed by atoms with Crippen LogP contribution in [-0.2, 0) is 59.6 Å². The Kier molecular flexibility index (Phi) is 15.4. The Morgan fingerprint density at radius 3 is 1.54 bits per heavy atom. The maximum atomic E-state index is 10.9. The molecule has 3 N–H and O–H groups in total. The normalized spacial score (nSPS) is 21.7. The second-order valence-electron chi connectivity index (χ2n) is 12.3. The molecule has 10 nitrogen and oxygen atoms in total. The van der Waals surface area contributed by atoms with Gasteiger partial charge in [0.2, 0.25) is 0 Å². The summed E-state index contributed by atoms with van der Waals surface area (Å²) in [4.78, 5) is 0. The van der Waals surface area contributed by atoms with Crippen molar-refractivity contribution in [1.82, 2.24) is 0 Å². The van der Waals surface area contributed by atoms with Crippen molar-refractivity contribution >= 4 is 0 Å². The summed E-state index contributed by atoms with van der Waals surface area (Å²) in [6.45, 7) is 3.02. The summed E-state index contributed by atoms with van der Waals surface area (Å²) in [5, 5.41) is 32.0. The van der Waals surface area contributed by atoms with Gasteiger partial charge in [0.05, 0.1) is 52.4 Å². The van der Waals surface area contributed by atoms with Crippen LogP contribution in [0.2, 0.25) is 0 Å². The molecule has 1 fully saturated rings. The molecule has 268 valence electrons. The highest BCUT2D eigenvalue weighted by Gasteiger charge is 2.43. The van der Waals surface area contributed by atoms with Crippen molar-refractivity contribution in [1.29, 1.82) is 0 Å². The van der Waals surface area contributed by atoms with Gasteiger partial charge in [-0.05, 0) is 29.2 Å². The van der Waals surface area contributed by atoms with Crippen molar-refractivity contribution in [2.45, 2.75) is 82.6 Å². The van der Waals surface area contributed by atoms with Crippen LogP contribution in [0.1, 0.15) is 29.2 Å². The number of benzene rings is 4. The number of hydrogen-bond donors (Lipinski definition) is 3. The first kappa shape index (κ1) is 37.7. The molecule has 0 radical (unpaired) electrons. The maximum Gasteiger partial charge on any atom is 0.187 e. The van der Waals surface area contributed by atoms with Crippen molar-refractivity contribution < 1.29 is 48.5 Å². The zero-order valence-corrected chi connectivity index (χ0v) is 28.3. The fourth-order valence-corrected chi connectivity index (χ4v) is 5.40. The minimum Gasteiger partial charge on any atom is -0.388 e. The zero-order valence-electron chi connectivity index (χ0n) is 28.3. The smallest absolute Gasteiger partial charge is 0.187 e. The molecule has 0 spiro atoms. The van der Waals surface area contributed by atoms with Crippen molar-refractivity contribution in [2.24, 2.45) is 0 Å². The second-order valence-corrected chi connectivity index (χ2v) is 12.3. The van der Waals surface area contributed by atoms with Crippen molar-refractivity contribution in [3.8, 4) is 0 Å². The van der Waals surface area contributed by atoms with Crippen LogP contribution in [0.4, 0.5) is 0 Å². The molecule has 1 saturated heterocycles. The molecular formula is C40H48O10. The number of rotatable bonds is 20. The van der Waals surface area contributed by atoms with Gasteiger partial charge in [-0.25, -0.2) is 0 Å². The first-order valence-electron chi connectivity index (χ1n) is 17.0. The SMILES string of the molecule is C[C@@H](OCc1ccccc1)C(COCc1ccccc1)O[C@@H](OC1[C@H](O)CO[C@@H](O)[C@H]1O)[C@H](COCc1ccccc1)OCc1ccccc1. The summed E-state index contributed by atoms with van der Waals surface area (Å²) in [6.07, 6.45) is -8.86. The Balaban J connectivity index is 1.39. The third kappa shape index (κ3) is 12.1. The van der Waals surface area contributed by atoms with E-state index in [1.54, 1.807) is 0 Å². The third-order valence-corrected chi connectivity index (χ3v) is 8.32. The molecule has 5 rings (SSSR count). The summed E-state index contributed by atoms with van der Waals surface area (Å²) < 4.78 is 43.2. The zero-order chi connectivity index (χ0) is 35.0. The lowest BCUT2D eigenvalue weighted by Crippen LogP contribution is -2.57. The Morgan fingerprint density at radius 2 is 1.04 bits per heavy atom. The largest absolute Gasteiger partial charge is 0.388 e. The number of ether oxygens (including phenoxy) is 7. The van der Waals surface area contributed by atoms with Crippen LogP contribution in [0.3, 0.4) is 0 Å². The van der Waals surface area contributed by atoms with E-state index in [1.807, 2.05) is 128 Å². The molecule has 10 heteroatoms. The van der Waals surface area contributed by atoms with E-state index in [0.29, 0.717) is 19.8 Å². The van der Waals surface area contributed by atoms with Crippen LogP contribution in [-0.4, -0.2) is 84.3 Å². The standard InChI is InChI=1S/C40H48O10/c1-29(46-24-32-18-10-4-11-19-32)35(27-44-22-30-14-6-2-7-15-30)49-40(50-38-34(41)26-48-39(43)37(38)42)36(47-25-33-20-12-5-13-21-33)28-45-23-31-16-8-3-9-17-31/h2-21,29,34-43H,22-28H2,1H3/t29-,34-,35?,36+,37+,38?,39-,40+/m1/s1. The summed E-state index contributed by atoms with van der Waals surface area (Å²) in [5.74, 6) is 0. The number of hydrogen-bond acceptors (Lipinski definition) is 10. The lowest BCUT2D eigenvalue weighted by molar-refractivity contribution is -0.325. The molecule has 50 heavy (non-hydrogen) atoms. The molecular weight excluding hydrogens is 640 g/mol. The molecule has 4 aromatic rings. The molecule has 1 aliphatic heterocycles. The average Bonchev–Trinajstić information content (AvgIpc) is 3.16. The average molecular weight is 689 g/mol. The van der Waals surface area contributed by atoms with E-state index in [9.17, 15) is 15.3 Å². The van der Waals surface area contributed by atoms with Gasteiger partial charge >= 0.3 is 0 Å². The third-order valence-electron chi connectivity index (χ3n) is 8.32. The number of aliphatic hydroxyl groups is 3. The monoisotopic (exact) mass is 688 g/mol. The molecule has 2 unspecified atom stereocenters. The van der Waals surface area contributed by atoms with Gasteiger partial charge in [-0.1, -0.05) is 121 Å². The summed E-state index contributed by atoms with van der Waals surface area (Å²) in [5.41, 5.74) is 3.89. The summed E-state index contributed by atoms with van der Waals surface area (Å²) in [7, 11) is 0. The van der Waals surface area contributed by atoms with Gasteiger partial charge in [0.15, 0.2) is 12.6 Å². The molecule has 0 saturated carbocycles. The van der Waals surface area contributed by atoms with Gasteiger partial charge in [-0.15, -0.1) is 0 Å². The highest BCUT2D eigenvalue weighted by Crippen LogP contribution is 2.24. The van der Waals surface area contributed by atoms with E-state index < -0.39 is 49.2 Å². The highest BCUT2D eigenvalue weighted by atomic mass is 16.7. The Labute approximate surface area is 294 Å². The summed E-state index contributed by atoms with van der Waals surface area (Å²) in [6, 6.07) is 39.0. The van der Waals surface area contributed by atoms with Crippen molar-refractivity contribution in [3.05, 3.63) is 144 Å². The van der Waals surface area contributed by atoms with Crippen LogP contribution in [0.25, 0.3) is 0 Å². The van der Waals surface area contributed by atoms with Crippen LogP contribution >= 0.6 is 0 Å². The minimum absolute atomic E-state index is 0.0429. The molecule has 4 aromatic carbocycles. The van der Waals surface area contributed by atoms with E-state index in [4.69, 9.17) is 33.2 Å². The van der Waals surface area contributed by atoms with Crippen molar-refractivity contribution in [2.75, 3.05) is 19.8 Å². The van der Waals surface area contributed by atoms with Gasteiger partial charge in [-0.3, -0.25) is 0 Å². The van der Waals surface area contributed by atoms with Gasteiger partial charge in [0, 0.05) is 0 Å². The molecule has 0 aromatic heterocycles. The minimum atomic E-state index is -1.56. The van der Waals surface area contributed by atoms with Gasteiger partial charge in [-0.2, -0.15) is 0 Å². The maximum absolute atomic E-state index is 10.9. The summed E-state index contributed by atoms with van der Waals surface area (Å²) >= 11 is 0. The van der Waals surface area contributed by atoms with Crippen molar-refractivity contribution in [3.63, 3.8) is 0 Å². The van der Waals surface area contributed by atoms with Crippen LogP contribution in [0, 0.1) is 0 Å². The van der Waals surface area contributed by atoms with Crippen LogP contribution < -0.4 is 0 Å². The van der Waals surface area contributed by atoms with Gasteiger partial charge in [0.25, 0.3) is 0 Å². The highest BCUT2D eigenvalue weighted by molar-refractivity contribution is 5.15. The Hall–Kier alpha value is -3.52. The Bertz CT molecular complexity index is 1460. The predicted molar refractivity (Wildman–Crippen MR) is 185 cm³/mol. The molecule has 0 bridgehead atoms. The molecule has 0 aliphatic carbocycles. The first-order valence-corrected chi connectivity index (χ1v) is 17.0. The van der Waals surface area contributed by atoms with E-state index in [0.717, 1.165) is 22.3 Å². The first-order chi connectivity index (χ1) is 24.5. The van der Waals surface area contributed by atoms with Gasteiger partial charge in [0.1, 0.15) is 30.5 Å². The van der Waals surface area contributed by atoms with Crippen LogP contribution in [0.15, 0.2) is 121 Å². The fraction of sp³-hybridized carbons (Fsp3) is 0.400. The molecule has 1 heterocycles. The lowest BCUT2D eigenvalue weighted by atomic mass is 10.1. The fourth-order valence-electron chi connectivity index (χ4n) is 5.40. The van der Waals surface area contributed by atoms with Crippen LogP contribution in [0.5, 0.6) is 0 Å². The molecule has 0 amide bonds. The second kappa shape index (κ2) is 20.4. The van der Waals surface area contributed by atoms with E-state index in [1.165, 1.54) is 0 Å². The van der Waals surface area contributed by atoms with E-state index in [2.05, 4.69) is 0 Å². The quantitative estimate of drug-likeness (QED) is 0.112. The lowest BCUT2D eigenvalue weighted by Gasteiger charge is -2.40. The topological polar surface area (TPSA) is 125 Å². The number of aliphatic hydroxyl groups excluding tert-OH is 3. The van der Waals surface area contributed by atoms with E-state index >= 15 is 0 Å². The van der Waals surface area contributed by atoms with E-state index in [-0.39, 0.29) is 26.4 Å². The molecule has 1 aliphatic rings. The van der Waals surface area contributed by atoms with Gasteiger partial charge < -0.3 is 48.5 Å². The Morgan fingerprint density at radius 1 is 0.600 bits per heavy atom.